The van der Waals surface area contributed by atoms with Gasteiger partial charge < -0.3 is 15.0 Å². The fourth-order valence-electron chi connectivity index (χ4n) is 3.78. The largest absolute Gasteiger partial charge is 0.457 e. The van der Waals surface area contributed by atoms with Crippen LogP contribution in [-0.4, -0.2) is 17.4 Å². The first-order valence-corrected chi connectivity index (χ1v) is 10.8. The van der Waals surface area contributed by atoms with Crippen LogP contribution >= 0.6 is 0 Å². The van der Waals surface area contributed by atoms with E-state index in [1.165, 1.54) is 0 Å². The minimum absolute atomic E-state index is 0.0540. The van der Waals surface area contributed by atoms with Gasteiger partial charge >= 0.3 is 0 Å². The fraction of sp³-hybridized carbons (Fsp3) is 0.222. The van der Waals surface area contributed by atoms with Gasteiger partial charge in [-0.25, -0.2) is 0 Å². The van der Waals surface area contributed by atoms with E-state index >= 15 is 0 Å². The second-order valence-electron chi connectivity index (χ2n) is 8.23. The lowest BCUT2D eigenvalue weighted by molar-refractivity contribution is -0.121. The van der Waals surface area contributed by atoms with Crippen LogP contribution < -0.4 is 10.1 Å². The molecule has 4 aromatic rings. The van der Waals surface area contributed by atoms with Gasteiger partial charge in [0.05, 0.1) is 0 Å². The molecule has 4 heteroatoms. The van der Waals surface area contributed by atoms with Crippen molar-refractivity contribution in [3.63, 3.8) is 0 Å². The van der Waals surface area contributed by atoms with E-state index < -0.39 is 0 Å². The summed E-state index contributed by atoms with van der Waals surface area (Å²) in [5.41, 5.74) is 3.24. The van der Waals surface area contributed by atoms with Gasteiger partial charge in [-0.15, -0.1) is 0 Å². The molecule has 0 saturated carbocycles. The highest BCUT2D eigenvalue weighted by Crippen LogP contribution is 2.35. The van der Waals surface area contributed by atoms with E-state index in [4.69, 9.17) is 4.74 Å². The first kappa shape index (κ1) is 20.7. The average Bonchev–Trinajstić information content (AvgIpc) is 3.21. The van der Waals surface area contributed by atoms with E-state index in [2.05, 4.69) is 42.3 Å². The van der Waals surface area contributed by atoms with Gasteiger partial charge in [0.15, 0.2) is 0 Å². The standard InChI is InChI=1S/C27H28N2O2/c1-19(2)17-29-27(30)16-24(25-18-28-26-14-7-6-13-23(25)26)20-9-8-12-22(15-20)31-21-10-4-3-5-11-21/h3-15,18-19,24,28H,16-17H2,1-2H3,(H,29,30)/t24-/m0/s1. The molecule has 1 heterocycles. The molecule has 1 aromatic heterocycles. The molecule has 0 fully saturated rings. The van der Waals surface area contributed by atoms with Crippen LogP contribution in [0.1, 0.15) is 37.3 Å². The lowest BCUT2D eigenvalue weighted by Gasteiger charge is -2.19. The number of rotatable bonds is 8. The SMILES string of the molecule is CC(C)CNC(=O)C[C@@H](c1cccc(Oc2ccccc2)c1)c1c[nH]c2ccccc12. The maximum atomic E-state index is 12.8. The zero-order valence-corrected chi connectivity index (χ0v) is 18.0. The van der Waals surface area contributed by atoms with Crippen molar-refractivity contribution in [2.45, 2.75) is 26.2 Å². The van der Waals surface area contributed by atoms with E-state index in [-0.39, 0.29) is 11.8 Å². The number of aromatic amines is 1. The Bertz CT molecular complexity index is 1150. The topological polar surface area (TPSA) is 54.1 Å². The second-order valence-corrected chi connectivity index (χ2v) is 8.23. The maximum absolute atomic E-state index is 12.8. The summed E-state index contributed by atoms with van der Waals surface area (Å²) in [6.45, 7) is 4.88. The zero-order valence-electron chi connectivity index (χ0n) is 18.0. The molecule has 4 rings (SSSR count). The number of para-hydroxylation sites is 2. The van der Waals surface area contributed by atoms with Crippen molar-refractivity contribution in [3.8, 4) is 11.5 Å². The molecule has 2 N–H and O–H groups in total. The van der Waals surface area contributed by atoms with Crippen molar-refractivity contribution in [2.24, 2.45) is 5.92 Å². The summed E-state index contributed by atoms with van der Waals surface area (Å²) < 4.78 is 6.05. The second kappa shape index (κ2) is 9.52. The molecule has 1 atom stereocenters. The van der Waals surface area contributed by atoms with Crippen molar-refractivity contribution >= 4 is 16.8 Å². The number of carbonyl (C=O) groups is 1. The van der Waals surface area contributed by atoms with Gasteiger partial charge in [-0.3, -0.25) is 4.79 Å². The Morgan fingerprint density at radius 1 is 0.935 bits per heavy atom. The molecule has 31 heavy (non-hydrogen) atoms. The predicted octanol–water partition coefficient (Wildman–Crippen LogP) is 6.25. The van der Waals surface area contributed by atoms with E-state index in [9.17, 15) is 4.79 Å². The van der Waals surface area contributed by atoms with Gasteiger partial charge in [0, 0.05) is 36.0 Å². The third-order valence-electron chi connectivity index (χ3n) is 5.33. The summed E-state index contributed by atoms with van der Waals surface area (Å²) in [6, 6.07) is 26.0. The maximum Gasteiger partial charge on any atom is 0.220 e. The number of ether oxygens (including phenoxy) is 1. The Hall–Kier alpha value is -3.53. The van der Waals surface area contributed by atoms with Gasteiger partial charge in [0.2, 0.25) is 5.91 Å². The van der Waals surface area contributed by atoms with Gasteiger partial charge in [0.1, 0.15) is 11.5 Å². The Balaban J connectivity index is 1.67. The smallest absolute Gasteiger partial charge is 0.220 e. The molecular formula is C27H28N2O2. The number of aromatic nitrogens is 1. The number of fused-ring (bicyclic) bond motifs is 1. The molecule has 0 aliphatic heterocycles. The number of hydrogen-bond donors (Lipinski definition) is 2. The highest BCUT2D eigenvalue weighted by molar-refractivity contribution is 5.86. The quantitative estimate of drug-likeness (QED) is 0.359. The van der Waals surface area contributed by atoms with Gasteiger partial charge in [0.25, 0.3) is 0 Å². The molecule has 1 amide bonds. The number of nitrogens with one attached hydrogen (secondary N) is 2. The summed E-state index contributed by atoms with van der Waals surface area (Å²) in [6.07, 6.45) is 2.40. The first-order valence-electron chi connectivity index (χ1n) is 10.8. The minimum atomic E-state index is -0.0809. The molecule has 158 valence electrons. The first-order chi connectivity index (χ1) is 15.1. The predicted molar refractivity (Wildman–Crippen MR) is 126 cm³/mol. The fourth-order valence-corrected chi connectivity index (χ4v) is 3.78. The van der Waals surface area contributed by atoms with Crippen molar-refractivity contribution < 1.29 is 9.53 Å². The van der Waals surface area contributed by atoms with Crippen LogP contribution in [0.15, 0.2) is 85.1 Å². The van der Waals surface area contributed by atoms with E-state index in [0.717, 1.165) is 33.5 Å². The zero-order chi connectivity index (χ0) is 21.6. The third-order valence-corrected chi connectivity index (χ3v) is 5.33. The van der Waals surface area contributed by atoms with Gasteiger partial charge in [-0.2, -0.15) is 0 Å². The van der Waals surface area contributed by atoms with Crippen LogP contribution in [0.25, 0.3) is 10.9 Å². The van der Waals surface area contributed by atoms with Crippen molar-refractivity contribution in [1.29, 1.82) is 0 Å². The van der Waals surface area contributed by atoms with E-state index in [1.807, 2.05) is 66.9 Å². The van der Waals surface area contributed by atoms with Crippen LogP contribution in [0.3, 0.4) is 0 Å². The number of benzene rings is 3. The molecule has 0 unspecified atom stereocenters. The van der Waals surface area contributed by atoms with Crippen molar-refractivity contribution in [2.75, 3.05) is 6.54 Å². The van der Waals surface area contributed by atoms with E-state index in [1.54, 1.807) is 0 Å². The summed E-state index contributed by atoms with van der Waals surface area (Å²) in [5.74, 6) is 1.94. The summed E-state index contributed by atoms with van der Waals surface area (Å²) in [5, 5.41) is 4.20. The van der Waals surface area contributed by atoms with Crippen LogP contribution in [-0.2, 0) is 4.79 Å². The third kappa shape index (κ3) is 5.15. The Morgan fingerprint density at radius 3 is 2.48 bits per heavy atom. The van der Waals surface area contributed by atoms with Crippen LogP contribution in [0, 0.1) is 5.92 Å². The molecule has 0 saturated heterocycles. The lowest BCUT2D eigenvalue weighted by atomic mass is 9.88. The number of H-pyrrole nitrogens is 1. The van der Waals surface area contributed by atoms with Crippen molar-refractivity contribution in [3.05, 3.63) is 96.2 Å². The summed E-state index contributed by atoms with van der Waals surface area (Å²) in [4.78, 5) is 16.1. The van der Waals surface area contributed by atoms with Crippen LogP contribution in [0.5, 0.6) is 11.5 Å². The van der Waals surface area contributed by atoms with E-state index in [0.29, 0.717) is 18.9 Å². The average molecular weight is 413 g/mol. The van der Waals surface area contributed by atoms with Gasteiger partial charge in [-0.1, -0.05) is 62.4 Å². The van der Waals surface area contributed by atoms with Crippen molar-refractivity contribution in [1.82, 2.24) is 10.3 Å². The highest BCUT2D eigenvalue weighted by Gasteiger charge is 2.22. The van der Waals surface area contributed by atoms with Crippen LogP contribution in [0.4, 0.5) is 0 Å². The Labute approximate surface area is 183 Å². The number of amides is 1. The lowest BCUT2D eigenvalue weighted by Crippen LogP contribution is -2.28. The molecule has 0 aliphatic rings. The molecule has 0 aliphatic carbocycles. The molecule has 0 spiro atoms. The molecular weight excluding hydrogens is 384 g/mol. The number of hydrogen-bond acceptors (Lipinski definition) is 2. The summed E-state index contributed by atoms with van der Waals surface area (Å²) in [7, 11) is 0. The molecule has 0 bridgehead atoms. The molecule has 3 aromatic carbocycles. The normalized spacial score (nSPS) is 12.1. The molecule has 0 radical (unpaired) electrons. The summed E-state index contributed by atoms with van der Waals surface area (Å²) >= 11 is 0. The number of carbonyl (C=O) groups excluding carboxylic acids is 1. The Kier molecular flexibility index (Phi) is 6.37. The highest BCUT2D eigenvalue weighted by atomic mass is 16.5. The molecule has 4 nitrogen and oxygen atoms in total. The van der Waals surface area contributed by atoms with Crippen LogP contribution in [0.2, 0.25) is 0 Å². The van der Waals surface area contributed by atoms with Gasteiger partial charge in [-0.05, 0) is 47.4 Å². The minimum Gasteiger partial charge on any atom is -0.457 e. The Morgan fingerprint density at radius 2 is 1.68 bits per heavy atom. The monoisotopic (exact) mass is 412 g/mol.